The summed E-state index contributed by atoms with van der Waals surface area (Å²) >= 11 is 1.43. The molecule has 160 valence electrons. The molecule has 0 amide bonds. The molecule has 1 aromatic carbocycles. The second-order valence-electron chi connectivity index (χ2n) is 7.12. The van der Waals surface area contributed by atoms with Crippen LogP contribution in [0.5, 0.6) is 0 Å². The summed E-state index contributed by atoms with van der Waals surface area (Å²) in [7, 11) is 0. The third kappa shape index (κ3) is 5.20. The van der Waals surface area contributed by atoms with E-state index in [0.717, 1.165) is 32.4 Å². The van der Waals surface area contributed by atoms with Gasteiger partial charge in [0.05, 0.1) is 0 Å². The molecule has 0 unspecified atom stereocenters. The van der Waals surface area contributed by atoms with Gasteiger partial charge in [-0.3, -0.25) is 4.98 Å². The fraction of sp³-hybridized carbons (Fsp3) is 0.238. The third-order valence-corrected chi connectivity index (χ3v) is 5.78. The van der Waals surface area contributed by atoms with Gasteiger partial charge in [0.2, 0.25) is 5.95 Å². The molecular weight excluding hydrogens is 430 g/mol. The molecule has 5 nitrogen and oxygen atoms in total. The van der Waals surface area contributed by atoms with E-state index < -0.39 is 17.8 Å². The van der Waals surface area contributed by atoms with Crippen LogP contribution in [-0.4, -0.2) is 26.2 Å². The molecule has 3 aromatic heterocycles. The number of nitrogens with zero attached hydrogens (tertiary/aromatic N) is 4. The monoisotopic (exact) mass is 447 g/mol. The van der Waals surface area contributed by atoms with Gasteiger partial charge in [0.15, 0.2) is 0 Å². The van der Waals surface area contributed by atoms with Crippen LogP contribution >= 0.6 is 11.3 Å². The molecule has 0 aliphatic rings. The van der Waals surface area contributed by atoms with Gasteiger partial charge in [0, 0.05) is 41.9 Å². The second kappa shape index (κ2) is 8.64. The molecule has 0 saturated carbocycles. The third-order valence-electron chi connectivity index (χ3n) is 4.74. The molecule has 4 aromatic rings. The zero-order chi connectivity index (χ0) is 22.0. The van der Waals surface area contributed by atoms with Gasteiger partial charge in [0.25, 0.3) is 0 Å². The predicted molar refractivity (Wildman–Crippen MR) is 110 cm³/mol. The number of halogens is 4. The summed E-state index contributed by atoms with van der Waals surface area (Å²) < 4.78 is 51.2. The van der Waals surface area contributed by atoms with E-state index >= 15 is 0 Å². The molecule has 10 heteroatoms. The highest BCUT2D eigenvalue weighted by Gasteiger charge is 2.32. The minimum Gasteiger partial charge on any atom is -0.327 e. The van der Waals surface area contributed by atoms with Crippen LogP contribution in [0.4, 0.5) is 17.6 Å². The van der Waals surface area contributed by atoms with Crippen LogP contribution in [0, 0.1) is 5.95 Å². The predicted octanol–water partition coefficient (Wildman–Crippen LogP) is 4.81. The van der Waals surface area contributed by atoms with Crippen LogP contribution < -0.4 is 5.73 Å². The van der Waals surface area contributed by atoms with Gasteiger partial charge >= 0.3 is 6.18 Å². The van der Waals surface area contributed by atoms with E-state index in [9.17, 15) is 17.6 Å². The highest BCUT2D eigenvalue weighted by Crippen LogP contribution is 2.29. The largest absolute Gasteiger partial charge is 0.433 e. The van der Waals surface area contributed by atoms with E-state index in [0.29, 0.717) is 24.8 Å². The number of hydrogen-bond donors (Lipinski definition) is 1. The summed E-state index contributed by atoms with van der Waals surface area (Å²) in [6.07, 6.45) is -0.145. The number of aromatic nitrogens is 4. The van der Waals surface area contributed by atoms with Crippen molar-refractivity contribution in [2.24, 2.45) is 5.73 Å². The van der Waals surface area contributed by atoms with Crippen LogP contribution in [0.25, 0.3) is 21.3 Å². The van der Waals surface area contributed by atoms with Gasteiger partial charge < -0.3 is 5.73 Å². The van der Waals surface area contributed by atoms with Crippen molar-refractivity contribution in [2.75, 3.05) is 0 Å². The average molecular weight is 447 g/mol. The number of nitrogens with two attached hydrogens (primary N) is 1. The fourth-order valence-corrected chi connectivity index (χ4v) is 4.00. The number of aryl methyl sites for hydroxylation is 1. The van der Waals surface area contributed by atoms with Crippen molar-refractivity contribution < 1.29 is 17.6 Å². The highest BCUT2D eigenvalue weighted by atomic mass is 32.1. The van der Waals surface area contributed by atoms with Crippen molar-refractivity contribution in [2.45, 2.75) is 31.5 Å². The van der Waals surface area contributed by atoms with Crippen molar-refractivity contribution in [1.29, 1.82) is 0 Å². The molecular formula is C21H17F4N5S. The van der Waals surface area contributed by atoms with Crippen LogP contribution in [0.1, 0.15) is 22.7 Å². The Hall–Kier alpha value is -2.98. The maximum Gasteiger partial charge on any atom is 0.433 e. The van der Waals surface area contributed by atoms with Crippen molar-refractivity contribution in [3.63, 3.8) is 0 Å². The molecule has 0 radical (unpaired) electrons. The molecule has 0 saturated heterocycles. The summed E-state index contributed by atoms with van der Waals surface area (Å²) in [5.74, 6) is -0.542. The quantitative estimate of drug-likeness (QED) is 0.339. The molecule has 4 rings (SSSR count). The number of fused-ring (bicyclic) bond motifs is 1. The standard InChI is InChI=1S/C21H17F4N5S/c22-18-9-15-8-13(2-3-14(15)11-28-18)20-30-29-19(31-20)6-4-16(26)7-12-1-5-17(27-10-12)21(23,24)25/h1-3,5,8-11,16H,4,6-7,26H2/t16-/m1/s1. The average Bonchev–Trinajstić information content (AvgIpc) is 3.20. The molecule has 0 bridgehead atoms. The summed E-state index contributed by atoms with van der Waals surface area (Å²) in [4.78, 5) is 7.10. The lowest BCUT2D eigenvalue weighted by molar-refractivity contribution is -0.141. The Kier molecular flexibility index (Phi) is 5.92. The Morgan fingerprint density at radius 1 is 0.968 bits per heavy atom. The number of benzene rings is 1. The number of hydrogen-bond acceptors (Lipinski definition) is 6. The van der Waals surface area contributed by atoms with Gasteiger partial charge in [-0.05, 0) is 35.9 Å². The minimum absolute atomic E-state index is 0.248. The lowest BCUT2D eigenvalue weighted by Crippen LogP contribution is -2.23. The van der Waals surface area contributed by atoms with Crippen LogP contribution in [-0.2, 0) is 19.0 Å². The van der Waals surface area contributed by atoms with Crippen molar-refractivity contribution in [3.05, 3.63) is 71.0 Å². The number of pyridine rings is 2. The first-order valence-corrected chi connectivity index (χ1v) is 10.3. The van der Waals surface area contributed by atoms with Gasteiger partial charge in [-0.2, -0.15) is 17.6 Å². The molecule has 3 heterocycles. The van der Waals surface area contributed by atoms with Gasteiger partial charge in [-0.1, -0.05) is 29.5 Å². The first-order chi connectivity index (χ1) is 14.8. The fourth-order valence-electron chi connectivity index (χ4n) is 3.15. The highest BCUT2D eigenvalue weighted by molar-refractivity contribution is 7.14. The van der Waals surface area contributed by atoms with Crippen molar-refractivity contribution in [3.8, 4) is 10.6 Å². The Bertz CT molecular complexity index is 1190. The van der Waals surface area contributed by atoms with E-state index in [4.69, 9.17) is 5.73 Å². The second-order valence-corrected chi connectivity index (χ2v) is 8.18. The summed E-state index contributed by atoms with van der Waals surface area (Å²) in [6.45, 7) is 0. The van der Waals surface area contributed by atoms with Gasteiger partial charge in [0.1, 0.15) is 15.7 Å². The first kappa shape index (κ1) is 21.3. The number of rotatable bonds is 6. The van der Waals surface area contributed by atoms with Crippen LogP contribution in [0.2, 0.25) is 0 Å². The zero-order valence-corrected chi connectivity index (χ0v) is 16.9. The van der Waals surface area contributed by atoms with Gasteiger partial charge in [-0.15, -0.1) is 10.2 Å². The van der Waals surface area contributed by atoms with Crippen molar-refractivity contribution in [1.82, 2.24) is 20.2 Å². The van der Waals surface area contributed by atoms with Gasteiger partial charge in [-0.25, -0.2) is 4.98 Å². The Morgan fingerprint density at radius 2 is 1.81 bits per heavy atom. The molecule has 1 atom stereocenters. The number of alkyl halides is 3. The smallest absolute Gasteiger partial charge is 0.327 e. The topological polar surface area (TPSA) is 77.6 Å². The van der Waals surface area contributed by atoms with E-state index in [1.165, 1.54) is 35.9 Å². The maximum absolute atomic E-state index is 13.4. The minimum atomic E-state index is -4.45. The summed E-state index contributed by atoms with van der Waals surface area (Å²) in [5, 5.41) is 11.5. The van der Waals surface area contributed by atoms with E-state index in [-0.39, 0.29) is 6.04 Å². The van der Waals surface area contributed by atoms with Crippen molar-refractivity contribution >= 4 is 22.1 Å². The molecule has 0 spiro atoms. The molecule has 0 aliphatic heterocycles. The van der Waals surface area contributed by atoms with Crippen LogP contribution in [0.15, 0.2) is 48.8 Å². The van der Waals surface area contributed by atoms with Crippen LogP contribution in [0.3, 0.4) is 0 Å². The molecule has 0 fully saturated rings. The Morgan fingerprint density at radius 3 is 2.55 bits per heavy atom. The van der Waals surface area contributed by atoms with E-state index in [2.05, 4.69) is 20.2 Å². The van der Waals surface area contributed by atoms with E-state index in [1.54, 1.807) is 0 Å². The molecule has 31 heavy (non-hydrogen) atoms. The SMILES string of the molecule is N[C@H](CCc1nnc(-c2ccc3cnc(F)cc3c2)s1)Cc1ccc(C(F)(F)F)nc1. The lowest BCUT2D eigenvalue weighted by Gasteiger charge is -2.11. The Balaban J connectivity index is 1.37. The zero-order valence-electron chi connectivity index (χ0n) is 16.1. The molecule has 2 N–H and O–H groups in total. The maximum atomic E-state index is 13.4. The first-order valence-electron chi connectivity index (χ1n) is 9.44. The normalized spacial score (nSPS) is 12.9. The van der Waals surface area contributed by atoms with E-state index in [1.807, 2.05) is 18.2 Å². The summed E-state index contributed by atoms with van der Waals surface area (Å²) in [6, 6.07) is 9.06. The molecule has 0 aliphatic carbocycles. The Labute approximate surface area is 179 Å². The summed E-state index contributed by atoms with van der Waals surface area (Å²) in [5.41, 5.74) is 6.70. The lowest BCUT2D eigenvalue weighted by atomic mass is 10.0.